The maximum absolute atomic E-state index is 12.8. The molecule has 0 fully saturated rings. The Balaban J connectivity index is 3.21. The summed E-state index contributed by atoms with van der Waals surface area (Å²) in [5, 5.41) is 7.78. The number of carboxylic acid groups (broad SMARTS) is 1. The standard InChI is InChI=1S/C10H9ClF3NO4S/c11-7-3-1-2-6(10(12,13)14)9(7)20(18,19)15-5-4-8(16)17/h1-3,15H,4-5H2,(H,16,17). The summed E-state index contributed by atoms with van der Waals surface area (Å²) in [5.41, 5.74) is -1.41. The van der Waals surface area contributed by atoms with Crippen LogP contribution in [0.3, 0.4) is 0 Å². The van der Waals surface area contributed by atoms with Gasteiger partial charge in [0.25, 0.3) is 0 Å². The van der Waals surface area contributed by atoms with E-state index in [-0.39, 0.29) is 0 Å². The van der Waals surface area contributed by atoms with Gasteiger partial charge < -0.3 is 5.11 Å². The summed E-state index contributed by atoms with van der Waals surface area (Å²) in [4.78, 5) is 9.16. The maximum atomic E-state index is 12.8. The summed E-state index contributed by atoms with van der Waals surface area (Å²) in [6, 6.07) is 2.56. The third-order valence-electron chi connectivity index (χ3n) is 2.17. The molecule has 0 aliphatic heterocycles. The number of aliphatic carboxylic acids is 1. The van der Waals surface area contributed by atoms with E-state index in [0.29, 0.717) is 6.07 Å². The highest BCUT2D eigenvalue weighted by atomic mass is 35.5. The molecule has 1 aromatic carbocycles. The van der Waals surface area contributed by atoms with Crippen LogP contribution in [-0.4, -0.2) is 26.0 Å². The molecule has 112 valence electrons. The quantitative estimate of drug-likeness (QED) is 0.865. The SMILES string of the molecule is O=C(O)CCNS(=O)(=O)c1c(Cl)cccc1C(F)(F)F. The molecule has 0 saturated heterocycles. The minimum Gasteiger partial charge on any atom is -0.481 e. The Hall–Kier alpha value is -1.32. The Morgan fingerprint density at radius 2 is 1.95 bits per heavy atom. The van der Waals surface area contributed by atoms with Crippen molar-refractivity contribution in [2.24, 2.45) is 0 Å². The molecule has 20 heavy (non-hydrogen) atoms. The van der Waals surface area contributed by atoms with Crippen molar-refractivity contribution in [2.75, 3.05) is 6.54 Å². The second-order valence-electron chi connectivity index (χ2n) is 3.66. The van der Waals surface area contributed by atoms with E-state index in [1.165, 1.54) is 0 Å². The lowest BCUT2D eigenvalue weighted by Crippen LogP contribution is -2.28. The first kappa shape index (κ1) is 16.7. The monoisotopic (exact) mass is 331 g/mol. The number of benzene rings is 1. The molecule has 0 aliphatic carbocycles. The average Bonchev–Trinajstić information content (AvgIpc) is 2.26. The predicted molar refractivity (Wildman–Crippen MR) is 63.9 cm³/mol. The zero-order chi connectivity index (χ0) is 15.6. The number of carbonyl (C=O) groups is 1. The second-order valence-corrected chi connectivity index (χ2v) is 5.77. The summed E-state index contributed by atoms with van der Waals surface area (Å²) >= 11 is 5.53. The van der Waals surface area contributed by atoms with Crippen molar-refractivity contribution in [3.05, 3.63) is 28.8 Å². The van der Waals surface area contributed by atoms with Gasteiger partial charge in [0.1, 0.15) is 4.90 Å². The normalized spacial score (nSPS) is 12.4. The zero-order valence-corrected chi connectivity index (χ0v) is 11.3. The number of hydrogen-bond acceptors (Lipinski definition) is 3. The van der Waals surface area contributed by atoms with E-state index in [0.717, 1.165) is 12.1 Å². The number of alkyl halides is 3. The molecule has 0 aromatic heterocycles. The Morgan fingerprint density at radius 3 is 2.45 bits per heavy atom. The van der Waals surface area contributed by atoms with E-state index in [1.807, 2.05) is 0 Å². The van der Waals surface area contributed by atoms with Crippen molar-refractivity contribution in [3.63, 3.8) is 0 Å². The van der Waals surface area contributed by atoms with Gasteiger partial charge in [0.05, 0.1) is 17.0 Å². The molecule has 0 saturated carbocycles. The van der Waals surface area contributed by atoms with Crippen LogP contribution < -0.4 is 4.72 Å². The average molecular weight is 332 g/mol. The van der Waals surface area contributed by atoms with Crippen molar-refractivity contribution < 1.29 is 31.5 Å². The lowest BCUT2D eigenvalue weighted by atomic mass is 10.2. The van der Waals surface area contributed by atoms with Crippen molar-refractivity contribution in [2.45, 2.75) is 17.5 Å². The molecule has 2 N–H and O–H groups in total. The van der Waals surface area contributed by atoms with Crippen LogP contribution >= 0.6 is 11.6 Å². The lowest BCUT2D eigenvalue weighted by Gasteiger charge is -2.14. The van der Waals surface area contributed by atoms with Crippen LogP contribution in [0.1, 0.15) is 12.0 Å². The van der Waals surface area contributed by atoms with Crippen LogP contribution in [0.15, 0.2) is 23.1 Å². The van der Waals surface area contributed by atoms with Gasteiger partial charge in [0, 0.05) is 6.54 Å². The fourth-order valence-electron chi connectivity index (χ4n) is 1.37. The summed E-state index contributed by atoms with van der Waals surface area (Å²) in [6.07, 6.45) is -5.47. The molecular weight excluding hydrogens is 323 g/mol. The first-order valence-corrected chi connectivity index (χ1v) is 6.99. The maximum Gasteiger partial charge on any atom is 0.417 e. The van der Waals surface area contributed by atoms with Gasteiger partial charge in [-0.05, 0) is 12.1 Å². The molecule has 10 heteroatoms. The molecule has 1 aromatic rings. The second kappa shape index (κ2) is 5.98. The van der Waals surface area contributed by atoms with Crippen molar-refractivity contribution >= 4 is 27.6 Å². The molecule has 0 aliphatic rings. The molecule has 0 radical (unpaired) electrons. The van der Waals surface area contributed by atoms with E-state index < -0.39 is 50.6 Å². The van der Waals surface area contributed by atoms with E-state index in [4.69, 9.17) is 16.7 Å². The number of nitrogens with one attached hydrogen (secondary N) is 1. The third kappa shape index (κ3) is 4.09. The van der Waals surface area contributed by atoms with Gasteiger partial charge in [-0.2, -0.15) is 13.2 Å². The first-order chi connectivity index (χ1) is 9.05. The van der Waals surface area contributed by atoms with Crippen molar-refractivity contribution in [3.8, 4) is 0 Å². The molecule has 0 amide bonds. The topological polar surface area (TPSA) is 83.5 Å². The molecular formula is C10H9ClF3NO4S. The van der Waals surface area contributed by atoms with E-state index in [1.54, 1.807) is 4.72 Å². The van der Waals surface area contributed by atoms with Crippen LogP contribution in [0.4, 0.5) is 13.2 Å². The number of hydrogen-bond donors (Lipinski definition) is 2. The van der Waals surface area contributed by atoms with Crippen molar-refractivity contribution in [1.82, 2.24) is 4.72 Å². The van der Waals surface area contributed by atoms with Crippen LogP contribution in [0, 0.1) is 0 Å². The van der Waals surface area contributed by atoms with Gasteiger partial charge in [-0.25, -0.2) is 13.1 Å². The third-order valence-corrected chi connectivity index (χ3v) is 4.16. The minimum atomic E-state index is -4.90. The molecule has 0 spiro atoms. The van der Waals surface area contributed by atoms with E-state index in [9.17, 15) is 26.4 Å². The minimum absolute atomic E-state index is 0.541. The van der Waals surface area contributed by atoms with Gasteiger partial charge in [-0.3, -0.25) is 4.79 Å². The van der Waals surface area contributed by atoms with E-state index in [2.05, 4.69) is 0 Å². The first-order valence-electron chi connectivity index (χ1n) is 5.13. The fourth-order valence-corrected chi connectivity index (χ4v) is 3.16. The molecule has 0 unspecified atom stereocenters. The summed E-state index contributed by atoms with van der Waals surface area (Å²) in [7, 11) is -4.57. The largest absolute Gasteiger partial charge is 0.481 e. The van der Waals surface area contributed by atoms with Crippen LogP contribution in [-0.2, 0) is 21.0 Å². The smallest absolute Gasteiger partial charge is 0.417 e. The van der Waals surface area contributed by atoms with Crippen LogP contribution in [0.25, 0.3) is 0 Å². The van der Waals surface area contributed by atoms with Gasteiger partial charge in [0.15, 0.2) is 0 Å². The van der Waals surface area contributed by atoms with Gasteiger partial charge in [-0.15, -0.1) is 0 Å². The molecule has 0 heterocycles. The molecule has 0 bridgehead atoms. The Kier molecular flexibility index (Phi) is 5.00. The number of rotatable bonds is 5. The summed E-state index contributed by atoms with van der Waals surface area (Å²) in [6.45, 7) is -0.541. The number of carboxylic acids is 1. The summed E-state index contributed by atoms with van der Waals surface area (Å²) < 4.78 is 63.7. The highest BCUT2D eigenvalue weighted by Gasteiger charge is 2.38. The molecule has 1 rings (SSSR count). The molecule has 0 atom stereocenters. The highest BCUT2D eigenvalue weighted by Crippen LogP contribution is 2.37. The lowest BCUT2D eigenvalue weighted by molar-refractivity contribution is -0.140. The Labute approximate surface area is 117 Å². The van der Waals surface area contributed by atoms with Gasteiger partial charge in [0.2, 0.25) is 10.0 Å². The fraction of sp³-hybridized carbons (Fsp3) is 0.300. The Morgan fingerprint density at radius 1 is 1.35 bits per heavy atom. The highest BCUT2D eigenvalue weighted by molar-refractivity contribution is 7.89. The van der Waals surface area contributed by atoms with Gasteiger partial charge in [-0.1, -0.05) is 17.7 Å². The van der Waals surface area contributed by atoms with Crippen molar-refractivity contribution in [1.29, 1.82) is 0 Å². The Bertz CT molecular complexity index is 615. The van der Waals surface area contributed by atoms with Crippen LogP contribution in [0.2, 0.25) is 5.02 Å². The summed E-state index contributed by atoms with van der Waals surface area (Å²) in [5.74, 6) is -1.29. The number of sulfonamides is 1. The van der Waals surface area contributed by atoms with Crippen LogP contribution in [0.5, 0.6) is 0 Å². The predicted octanol–water partition coefficient (Wildman–Crippen LogP) is 2.11. The zero-order valence-electron chi connectivity index (χ0n) is 9.74. The van der Waals surface area contributed by atoms with Gasteiger partial charge >= 0.3 is 12.1 Å². The molecule has 5 nitrogen and oxygen atoms in total. The number of halogens is 4. The van der Waals surface area contributed by atoms with E-state index >= 15 is 0 Å².